The topological polar surface area (TPSA) is 65.4 Å². The lowest BCUT2D eigenvalue weighted by molar-refractivity contribution is 0.112. The van der Waals surface area contributed by atoms with Gasteiger partial charge < -0.3 is 4.74 Å². The lowest BCUT2D eigenvalue weighted by Crippen LogP contribution is -2.13. The van der Waals surface area contributed by atoms with Gasteiger partial charge in [-0.3, -0.25) is 4.79 Å². The van der Waals surface area contributed by atoms with Gasteiger partial charge in [0.1, 0.15) is 11.6 Å². The standard InChI is InChI=1S/C18H14FNO4S/c1-24-16-6-8-17(9-7-16)25(22,23)20-11-13(12-21)10-18(20)14-2-4-15(19)5-3-14/h2-12H,1H3. The average Bonchev–Trinajstić information content (AvgIpc) is 3.08. The van der Waals surface area contributed by atoms with Gasteiger partial charge in [-0.15, -0.1) is 0 Å². The van der Waals surface area contributed by atoms with E-state index in [1.54, 1.807) is 0 Å². The van der Waals surface area contributed by atoms with E-state index in [4.69, 9.17) is 4.74 Å². The van der Waals surface area contributed by atoms with Gasteiger partial charge in [0, 0.05) is 11.8 Å². The molecule has 0 N–H and O–H groups in total. The summed E-state index contributed by atoms with van der Waals surface area (Å²) in [7, 11) is -2.45. The predicted molar refractivity (Wildman–Crippen MR) is 90.8 cm³/mol. The molecule has 0 fully saturated rings. The first kappa shape index (κ1) is 16.9. The van der Waals surface area contributed by atoms with Gasteiger partial charge >= 0.3 is 0 Å². The molecule has 2 aromatic carbocycles. The second-order valence-corrected chi connectivity index (χ2v) is 7.07. The summed E-state index contributed by atoms with van der Waals surface area (Å²) in [5, 5.41) is 0. The highest BCUT2D eigenvalue weighted by atomic mass is 32.2. The minimum Gasteiger partial charge on any atom is -0.497 e. The number of aromatic nitrogens is 1. The first-order chi connectivity index (χ1) is 12.0. The fourth-order valence-corrected chi connectivity index (χ4v) is 3.80. The van der Waals surface area contributed by atoms with Crippen LogP contribution in [0, 0.1) is 5.82 Å². The molecule has 0 saturated carbocycles. The number of hydrogen-bond acceptors (Lipinski definition) is 4. The van der Waals surface area contributed by atoms with Gasteiger partial charge in [-0.1, -0.05) is 0 Å². The molecule has 1 aromatic heterocycles. The number of rotatable bonds is 5. The third-order valence-corrected chi connectivity index (χ3v) is 5.39. The molecule has 3 aromatic rings. The summed E-state index contributed by atoms with van der Waals surface area (Å²) < 4.78 is 45.1. The summed E-state index contributed by atoms with van der Waals surface area (Å²) in [6.07, 6.45) is 1.80. The van der Waals surface area contributed by atoms with Crippen LogP contribution in [0.1, 0.15) is 10.4 Å². The van der Waals surface area contributed by atoms with Gasteiger partial charge in [0.2, 0.25) is 0 Å². The Hall–Kier alpha value is -2.93. The average molecular weight is 359 g/mol. The number of hydrogen-bond donors (Lipinski definition) is 0. The number of nitrogens with zero attached hydrogens (tertiary/aromatic N) is 1. The van der Waals surface area contributed by atoms with Crippen LogP contribution in [0.3, 0.4) is 0 Å². The van der Waals surface area contributed by atoms with Gasteiger partial charge in [0.15, 0.2) is 6.29 Å². The Kier molecular flexibility index (Phi) is 4.41. The smallest absolute Gasteiger partial charge is 0.268 e. The third-order valence-electron chi connectivity index (χ3n) is 3.70. The molecular weight excluding hydrogens is 345 g/mol. The summed E-state index contributed by atoms with van der Waals surface area (Å²) in [5.74, 6) is 0.0919. The molecule has 0 amide bonds. The highest BCUT2D eigenvalue weighted by Crippen LogP contribution is 2.27. The Morgan fingerprint density at radius 3 is 2.24 bits per heavy atom. The number of carbonyl (C=O) groups excluding carboxylic acids is 1. The minimum atomic E-state index is -3.93. The maximum absolute atomic E-state index is 13.2. The van der Waals surface area contributed by atoms with E-state index in [-0.39, 0.29) is 16.2 Å². The van der Waals surface area contributed by atoms with Crippen molar-refractivity contribution in [1.29, 1.82) is 0 Å². The molecule has 7 heteroatoms. The van der Waals surface area contributed by atoms with Crippen LogP contribution >= 0.6 is 0 Å². The molecule has 0 radical (unpaired) electrons. The molecule has 1 heterocycles. The van der Waals surface area contributed by atoms with E-state index in [2.05, 4.69) is 0 Å². The number of aldehydes is 1. The van der Waals surface area contributed by atoms with Gasteiger partial charge in [-0.2, -0.15) is 0 Å². The molecule has 3 rings (SSSR count). The molecule has 5 nitrogen and oxygen atoms in total. The number of halogens is 1. The summed E-state index contributed by atoms with van der Waals surface area (Å²) in [4.78, 5) is 11.2. The van der Waals surface area contributed by atoms with Gasteiger partial charge in [0.25, 0.3) is 10.0 Å². The summed E-state index contributed by atoms with van der Waals surface area (Å²) in [6.45, 7) is 0. The Morgan fingerprint density at radius 2 is 1.68 bits per heavy atom. The predicted octanol–water partition coefficient (Wildman–Crippen LogP) is 3.35. The van der Waals surface area contributed by atoms with Crippen LogP contribution in [0.5, 0.6) is 5.75 Å². The molecular formula is C18H14FNO4S. The van der Waals surface area contributed by atoms with Crippen molar-refractivity contribution in [1.82, 2.24) is 3.97 Å². The molecule has 0 unspecified atom stereocenters. The van der Waals surface area contributed by atoms with Gasteiger partial charge in [-0.25, -0.2) is 16.8 Å². The largest absolute Gasteiger partial charge is 0.497 e. The molecule has 0 spiro atoms. The molecule has 25 heavy (non-hydrogen) atoms. The van der Waals surface area contributed by atoms with Crippen molar-refractivity contribution in [3.63, 3.8) is 0 Å². The van der Waals surface area contributed by atoms with E-state index in [9.17, 15) is 17.6 Å². The lowest BCUT2D eigenvalue weighted by Gasteiger charge is -2.11. The number of carbonyl (C=O) groups is 1. The summed E-state index contributed by atoms with van der Waals surface area (Å²) in [5.41, 5.74) is 0.959. The number of methoxy groups -OCH3 is 1. The zero-order valence-electron chi connectivity index (χ0n) is 13.2. The van der Waals surface area contributed by atoms with Crippen molar-refractivity contribution < 1.29 is 22.3 Å². The van der Waals surface area contributed by atoms with Crippen LogP contribution in [-0.2, 0) is 10.0 Å². The molecule has 0 atom stereocenters. The van der Waals surface area contributed by atoms with E-state index in [0.29, 0.717) is 17.6 Å². The van der Waals surface area contributed by atoms with Crippen LogP contribution in [-0.4, -0.2) is 25.8 Å². The number of benzene rings is 2. The van der Waals surface area contributed by atoms with Crippen molar-refractivity contribution >= 4 is 16.3 Å². The van der Waals surface area contributed by atoms with Crippen LogP contribution in [0.4, 0.5) is 4.39 Å². The maximum Gasteiger partial charge on any atom is 0.268 e. The fraction of sp³-hybridized carbons (Fsp3) is 0.0556. The van der Waals surface area contributed by atoms with Crippen LogP contribution in [0.25, 0.3) is 11.3 Å². The molecule has 0 aliphatic heterocycles. The summed E-state index contributed by atoms with van der Waals surface area (Å²) >= 11 is 0. The number of ether oxygens (including phenoxy) is 1. The highest BCUT2D eigenvalue weighted by Gasteiger charge is 2.22. The van der Waals surface area contributed by atoms with Crippen molar-refractivity contribution in [2.24, 2.45) is 0 Å². The quantitative estimate of drug-likeness (QED) is 0.655. The van der Waals surface area contributed by atoms with Gasteiger partial charge in [0.05, 0.1) is 17.7 Å². The first-order valence-electron chi connectivity index (χ1n) is 7.29. The first-order valence-corrected chi connectivity index (χ1v) is 8.73. The molecule has 0 aliphatic rings. The van der Waals surface area contributed by atoms with Crippen LogP contribution in [0.15, 0.2) is 65.7 Å². The Balaban J connectivity index is 2.16. The monoisotopic (exact) mass is 359 g/mol. The second kappa shape index (κ2) is 6.52. The Labute approximate surface area is 144 Å². The van der Waals surface area contributed by atoms with Crippen LogP contribution < -0.4 is 4.74 Å². The molecule has 0 bridgehead atoms. The van der Waals surface area contributed by atoms with Crippen LogP contribution in [0.2, 0.25) is 0 Å². The van der Waals surface area contributed by atoms with E-state index in [1.807, 2.05) is 0 Å². The van der Waals surface area contributed by atoms with E-state index >= 15 is 0 Å². The normalized spacial score (nSPS) is 11.3. The minimum absolute atomic E-state index is 0.0460. The van der Waals surface area contributed by atoms with E-state index < -0.39 is 15.8 Å². The summed E-state index contributed by atoms with van der Waals surface area (Å²) in [6, 6.07) is 12.7. The second-order valence-electron chi connectivity index (χ2n) is 5.26. The Morgan fingerprint density at radius 1 is 1.04 bits per heavy atom. The maximum atomic E-state index is 13.2. The van der Waals surface area contributed by atoms with E-state index in [1.165, 1.54) is 67.9 Å². The zero-order chi connectivity index (χ0) is 18.0. The van der Waals surface area contributed by atoms with Crippen molar-refractivity contribution in [2.45, 2.75) is 4.90 Å². The lowest BCUT2D eigenvalue weighted by atomic mass is 10.1. The highest BCUT2D eigenvalue weighted by molar-refractivity contribution is 7.90. The van der Waals surface area contributed by atoms with Gasteiger partial charge in [-0.05, 0) is 60.2 Å². The molecule has 0 saturated heterocycles. The van der Waals surface area contributed by atoms with Crippen molar-refractivity contribution in [3.05, 3.63) is 72.2 Å². The molecule has 128 valence electrons. The van der Waals surface area contributed by atoms with Crippen molar-refractivity contribution in [2.75, 3.05) is 7.11 Å². The third kappa shape index (κ3) is 3.18. The zero-order valence-corrected chi connectivity index (χ0v) is 14.0. The molecule has 0 aliphatic carbocycles. The van der Waals surface area contributed by atoms with E-state index in [0.717, 1.165) is 3.97 Å². The Bertz CT molecular complexity index is 1010. The van der Waals surface area contributed by atoms with Crippen molar-refractivity contribution in [3.8, 4) is 17.0 Å². The SMILES string of the molecule is COc1ccc(S(=O)(=O)n2cc(C=O)cc2-c2ccc(F)cc2)cc1. The fourth-order valence-electron chi connectivity index (χ4n) is 2.42.